The molecular weight excluding hydrogens is 388 g/mol. The number of hydrogen-bond donors (Lipinski definition) is 2. The van der Waals surface area contributed by atoms with Gasteiger partial charge >= 0.3 is 0 Å². The summed E-state index contributed by atoms with van der Waals surface area (Å²) in [5.74, 6) is -0.0661. The summed E-state index contributed by atoms with van der Waals surface area (Å²) in [6.07, 6.45) is 1.60. The van der Waals surface area contributed by atoms with Crippen LogP contribution in [0.2, 0.25) is 5.02 Å². The van der Waals surface area contributed by atoms with E-state index in [0.29, 0.717) is 16.3 Å². The summed E-state index contributed by atoms with van der Waals surface area (Å²) < 4.78 is 33.0. The maximum atomic E-state index is 12.6. The Bertz CT molecular complexity index is 916. The first-order chi connectivity index (χ1) is 12.8. The molecule has 0 aliphatic heterocycles. The van der Waals surface area contributed by atoms with Crippen molar-refractivity contribution in [3.05, 3.63) is 53.1 Å². The topological polar surface area (TPSA) is 84.5 Å². The summed E-state index contributed by atoms with van der Waals surface area (Å²) in [7, 11) is -2.27. The quantitative estimate of drug-likeness (QED) is 0.687. The highest BCUT2D eigenvalue weighted by Gasteiger charge is 2.20. The summed E-state index contributed by atoms with van der Waals surface area (Å²) in [6, 6.07) is 10.6. The van der Waals surface area contributed by atoms with E-state index in [1.165, 1.54) is 31.4 Å². The predicted molar refractivity (Wildman–Crippen MR) is 107 cm³/mol. The number of carbonyl (C=O) groups excluding carboxylic acids is 1. The van der Waals surface area contributed by atoms with Gasteiger partial charge in [-0.15, -0.1) is 0 Å². The van der Waals surface area contributed by atoms with Crippen molar-refractivity contribution in [2.45, 2.75) is 37.6 Å². The molecule has 2 aromatic carbocycles. The van der Waals surface area contributed by atoms with Gasteiger partial charge in [-0.1, -0.05) is 31.0 Å². The predicted octanol–water partition coefficient (Wildman–Crippen LogP) is 4.07. The molecule has 2 aromatic rings. The molecule has 146 valence electrons. The Kier molecular flexibility index (Phi) is 7.24. The lowest BCUT2D eigenvalue weighted by atomic mass is 10.2. The average Bonchev–Trinajstić information content (AvgIpc) is 2.61. The van der Waals surface area contributed by atoms with Crippen LogP contribution in [-0.2, 0) is 10.0 Å². The van der Waals surface area contributed by atoms with Crippen molar-refractivity contribution in [3.63, 3.8) is 0 Å². The van der Waals surface area contributed by atoms with Gasteiger partial charge in [0, 0.05) is 16.6 Å². The van der Waals surface area contributed by atoms with Crippen LogP contribution in [0, 0.1) is 0 Å². The third-order valence-corrected chi connectivity index (χ3v) is 5.72. The van der Waals surface area contributed by atoms with Gasteiger partial charge in [-0.3, -0.25) is 4.79 Å². The number of amides is 1. The molecule has 8 heteroatoms. The Morgan fingerprint density at radius 3 is 2.59 bits per heavy atom. The molecule has 1 amide bonds. The van der Waals surface area contributed by atoms with E-state index in [-0.39, 0.29) is 16.6 Å². The molecule has 1 atom stereocenters. The zero-order valence-corrected chi connectivity index (χ0v) is 17.0. The van der Waals surface area contributed by atoms with Crippen molar-refractivity contribution >= 4 is 33.2 Å². The smallest absolute Gasteiger partial charge is 0.255 e. The van der Waals surface area contributed by atoms with Crippen molar-refractivity contribution in [1.82, 2.24) is 4.72 Å². The monoisotopic (exact) mass is 410 g/mol. The van der Waals surface area contributed by atoms with E-state index in [9.17, 15) is 13.2 Å². The zero-order valence-electron chi connectivity index (χ0n) is 15.5. The normalized spacial score (nSPS) is 12.4. The molecule has 0 radical (unpaired) electrons. The molecule has 0 heterocycles. The number of anilines is 1. The second-order valence-corrected chi connectivity index (χ2v) is 8.29. The molecular formula is C19H23ClN2O4S. The van der Waals surface area contributed by atoms with Crippen molar-refractivity contribution in [1.29, 1.82) is 0 Å². The molecule has 0 unspecified atom stereocenters. The largest absolute Gasteiger partial charge is 0.495 e. The Hall–Kier alpha value is -2.09. The molecule has 0 bridgehead atoms. The van der Waals surface area contributed by atoms with E-state index in [2.05, 4.69) is 10.0 Å². The molecule has 2 rings (SSSR count). The van der Waals surface area contributed by atoms with Crippen molar-refractivity contribution in [2.75, 3.05) is 12.4 Å². The molecule has 0 saturated heterocycles. The van der Waals surface area contributed by atoms with Gasteiger partial charge in [0.15, 0.2) is 0 Å². The number of ether oxygens (including phenoxy) is 1. The zero-order chi connectivity index (χ0) is 20.0. The van der Waals surface area contributed by atoms with Crippen molar-refractivity contribution in [2.24, 2.45) is 0 Å². The minimum absolute atomic E-state index is 0.0487. The van der Waals surface area contributed by atoms with Crippen LogP contribution in [0.25, 0.3) is 0 Å². The summed E-state index contributed by atoms with van der Waals surface area (Å²) in [5, 5.41) is 3.11. The standard InChI is InChI=1S/C19H23ClN2O4S/c1-4-6-13(2)22-27(24,25)16-9-10-18(26-3)17(12-16)21-19(23)14-7-5-8-15(20)11-14/h5,7-13,22H,4,6H2,1-3H3,(H,21,23)/t13-/m1/s1. The maximum Gasteiger partial charge on any atom is 0.255 e. The van der Waals surface area contributed by atoms with Crippen LogP contribution in [0.4, 0.5) is 5.69 Å². The lowest BCUT2D eigenvalue weighted by Crippen LogP contribution is -2.32. The fourth-order valence-electron chi connectivity index (χ4n) is 2.60. The lowest BCUT2D eigenvalue weighted by molar-refractivity contribution is 0.102. The minimum Gasteiger partial charge on any atom is -0.495 e. The minimum atomic E-state index is -3.71. The van der Waals surface area contributed by atoms with E-state index in [0.717, 1.165) is 12.8 Å². The molecule has 0 spiro atoms. The summed E-state index contributed by atoms with van der Waals surface area (Å²) in [6.45, 7) is 3.80. The first kappa shape index (κ1) is 21.2. The fourth-order valence-corrected chi connectivity index (χ4v) is 4.10. The van der Waals surface area contributed by atoms with Crippen LogP contribution in [0.1, 0.15) is 37.0 Å². The van der Waals surface area contributed by atoms with Gasteiger partial charge in [-0.05, 0) is 49.7 Å². The number of nitrogens with one attached hydrogen (secondary N) is 2. The molecule has 0 fully saturated rings. The lowest BCUT2D eigenvalue weighted by Gasteiger charge is -2.16. The second-order valence-electron chi connectivity index (χ2n) is 6.14. The third-order valence-electron chi connectivity index (χ3n) is 3.89. The van der Waals surface area contributed by atoms with Gasteiger partial charge in [0.05, 0.1) is 17.7 Å². The van der Waals surface area contributed by atoms with Crippen LogP contribution in [-0.4, -0.2) is 27.5 Å². The Balaban J connectivity index is 2.31. The first-order valence-electron chi connectivity index (χ1n) is 8.54. The number of methoxy groups -OCH3 is 1. The molecule has 0 aliphatic carbocycles. The highest BCUT2D eigenvalue weighted by Crippen LogP contribution is 2.28. The van der Waals surface area contributed by atoms with E-state index in [1.807, 2.05) is 13.8 Å². The maximum absolute atomic E-state index is 12.6. The van der Waals surface area contributed by atoms with Gasteiger partial charge in [0.2, 0.25) is 10.0 Å². The van der Waals surface area contributed by atoms with Crippen molar-refractivity contribution in [3.8, 4) is 5.75 Å². The van der Waals surface area contributed by atoms with Crippen LogP contribution >= 0.6 is 11.6 Å². The van der Waals surface area contributed by atoms with Crippen molar-refractivity contribution < 1.29 is 17.9 Å². The van der Waals surface area contributed by atoms with Crippen LogP contribution in [0.3, 0.4) is 0 Å². The average molecular weight is 411 g/mol. The number of hydrogen-bond acceptors (Lipinski definition) is 4. The first-order valence-corrected chi connectivity index (χ1v) is 10.4. The molecule has 0 aromatic heterocycles. The van der Waals surface area contributed by atoms with Gasteiger partial charge < -0.3 is 10.1 Å². The third kappa shape index (κ3) is 5.69. The molecule has 0 saturated carbocycles. The van der Waals surface area contributed by atoms with Gasteiger partial charge in [-0.2, -0.15) is 0 Å². The summed E-state index contributed by atoms with van der Waals surface area (Å²) in [5.41, 5.74) is 0.612. The number of rotatable bonds is 8. The van der Waals surface area contributed by atoms with Gasteiger partial charge in [0.25, 0.3) is 5.91 Å². The number of halogens is 1. The summed E-state index contributed by atoms with van der Waals surface area (Å²) >= 11 is 5.92. The number of sulfonamides is 1. The Morgan fingerprint density at radius 1 is 1.22 bits per heavy atom. The SMILES string of the molecule is CCC[C@@H](C)NS(=O)(=O)c1ccc(OC)c(NC(=O)c2cccc(Cl)c2)c1. The summed E-state index contributed by atoms with van der Waals surface area (Å²) in [4.78, 5) is 12.5. The molecule has 6 nitrogen and oxygen atoms in total. The van der Waals surface area contributed by atoms with E-state index < -0.39 is 15.9 Å². The van der Waals surface area contributed by atoms with Crippen LogP contribution in [0.5, 0.6) is 5.75 Å². The molecule has 0 aliphatic rings. The van der Waals surface area contributed by atoms with Crippen LogP contribution in [0.15, 0.2) is 47.4 Å². The van der Waals surface area contributed by atoms with Crippen LogP contribution < -0.4 is 14.8 Å². The van der Waals surface area contributed by atoms with Gasteiger partial charge in [-0.25, -0.2) is 13.1 Å². The fraction of sp³-hybridized carbons (Fsp3) is 0.316. The Morgan fingerprint density at radius 2 is 1.96 bits per heavy atom. The molecule has 2 N–H and O–H groups in total. The second kappa shape index (κ2) is 9.21. The van der Waals surface area contributed by atoms with E-state index >= 15 is 0 Å². The van der Waals surface area contributed by atoms with Gasteiger partial charge in [0.1, 0.15) is 5.75 Å². The highest BCUT2D eigenvalue weighted by atomic mass is 35.5. The number of carbonyl (C=O) groups is 1. The molecule has 27 heavy (non-hydrogen) atoms. The number of benzene rings is 2. The van der Waals surface area contributed by atoms with E-state index in [1.54, 1.807) is 18.2 Å². The van der Waals surface area contributed by atoms with E-state index in [4.69, 9.17) is 16.3 Å². The highest BCUT2D eigenvalue weighted by molar-refractivity contribution is 7.89. The Labute approximate surface area is 164 Å².